The molecule has 1 saturated heterocycles. The lowest BCUT2D eigenvalue weighted by Gasteiger charge is -2.36. The maximum Gasteiger partial charge on any atom is 0.226 e. The SMILES string of the molecule is CN1CCC(C2CC(=O)Nc3ncccc32)CC1. The predicted molar refractivity (Wildman–Crippen MR) is 70.4 cm³/mol. The van der Waals surface area contributed by atoms with E-state index in [-0.39, 0.29) is 5.91 Å². The largest absolute Gasteiger partial charge is 0.310 e. The van der Waals surface area contributed by atoms with Gasteiger partial charge in [-0.2, -0.15) is 0 Å². The topological polar surface area (TPSA) is 45.2 Å². The molecule has 2 aliphatic rings. The van der Waals surface area contributed by atoms with Crippen LogP contribution in [0.3, 0.4) is 0 Å². The van der Waals surface area contributed by atoms with Gasteiger partial charge >= 0.3 is 0 Å². The molecule has 1 amide bonds. The minimum atomic E-state index is 0.116. The third-order valence-corrected chi connectivity index (χ3v) is 4.23. The van der Waals surface area contributed by atoms with E-state index in [2.05, 4.69) is 28.3 Å². The molecule has 96 valence electrons. The molecule has 1 aromatic rings. The van der Waals surface area contributed by atoms with Crippen molar-refractivity contribution < 1.29 is 4.79 Å². The van der Waals surface area contributed by atoms with Gasteiger partial charge in [0.25, 0.3) is 0 Å². The molecule has 3 heterocycles. The fraction of sp³-hybridized carbons (Fsp3) is 0.571. The van der Waals surface area contributed by atoms with Gasteiger partial charge in [0.15, 0.2) is 0 Å². The van der Waals surface area contributed by atoms with E-state index < -0.39 is 0 Å². The van der Waals surface area contributed by atoms with E-state index in [0.29, 0.717) is 18.3 Å². The number of piperidine rings is 1. The number of fused-ring (bicyclic) bond motifs is 1. The molecule has 0 bridgehead atoms. The minimum absolute atomic E-state index is 0.116. The summed E-state index contributed by atoms with van der Waals surface area (Å²) in [5, 5.41) is 2.88. The number of amides is 1. The quantitative estimate of drug-likeness (QED) is 0.821. The fourth-order valence-electron chi connectivity index (χ4n) is 3.17. The van der Waals surface area contributed by atoms with Crippen molar-refractivity contribution in [3.05, 3.63) is 23.9 Å². The first-order valence-corrected chi connectivity index (χ1v) is 6.67. The number of aromatic nitrogens is 1. The van der Waals surface area contributed by atoms with Crippen LogP contribution in [0.2, 0.25) is 0 Å². The number of likely N-dealkylation sites (tertiary alicyclic amines) is 1. The second kappa shape index (κ2) is 4.69. The molecule has 1 atom stereocenters. The predicted octanol–water partition coefficient (Wildman–Crippen LogP) is 1.85. The van der Waals surface area contributed by atoms with Crippen molar-refractivity contribution in [1.29, 1.82) is 0 Å². The number of pyridine rings is 1. The van der Waals surface area contributed by atoms with Crippen molar-refractivity contribution in [2.45, 2.75) is 25.2 Å². The summed E-state index contributed by atoms with van der Waals surface area (Å²) in [6, 6.07) is 4.09. The summed E-state index contributed by atoms with van der Waals surface area (Å²) in [4.78, 5) is 18.4. The third-order valence-electron chi connectivity index (χ3n) is 4.23. The average molecular weight is 245 g/mol. The first-order chi connectivity index (χ1) is 8.74. The lowest BCUT2D eigenvalue weighted by atomic mass is 9.77. The van der Waals surface area contributed by atoms with Crippen molar-refractivity contribution >= 4 is 11.7 Å². The van der Waals surface area contributed by atoms with Crippen molar-refractivity contribution in [1.82, 2.24) is 9.88 Å². The van der Waals surface area contributed by atoms with Crippen LogP contribution < -0.4 is 5.32 Å². The number of nitrogens with one attached hydrogen (secondary N) is 1. The Morgan fingerprint density at radius 1 is 1.39 bits per heavy atom. The summed E-state index contributed by atoms with van der Waals surface area (Å²) in [5.74, 6) is 1.87. The maximum atomic E-state index is 11.8. The lowest BCUT2D eigenvalue weighted by molar-refractivity contribution is -0.117. The maximum absolute atomic E-state index is 11.8. The molecule has 4 heteroatoms. The smallest absolute Gasteiger partial charge is 0.226 e. The van der Waals surface area contributed by atoms with E-state index in [1.807, 2.05) is 6.07 Å². The second-order valence-corrected chi connectivity index (χ2v) is 5.44. The van der Waals surface area contributed by atoms with Gasteiger partial charge in [0, 0.05) is 12.6 Å². The molecule has 4 nitrogen and oxygen atoms in total. The Labute approximate surface area is 107 Å². The van der Waals surface area contributed by atoms with E-state index in [1.165, 1.54) is 18.4 Å². The Kier molecular flexibility index (Phi) is 3.04. The molecular weight excluding hydrogens is 226 g/mol. The van der Waals surface area contributed by atoms with Gasteiger partial charge in [-0.1, -0.05) is 6.07 Å². The molecule has 3 rings (SSSR count). The average Bonchev–Trinajstić information content (AvgIpc) is 2.38. The van der Waals surface area contributed by atoms with Crippen LogP contribution in [0.1, 0.15) is 30.7 Å². The molecule has 0 aromatic carbocycles. The van der Waals surface area contributed by atoms with Gasteiger partial charge in [-0.05, 0) is 56.4 Å². The normalized spacial score (nSPS) is 25.6. The Balaban J connectivity index is 1.86. The van der Waals surface area contributed by atoms with Crippen LogP contribution in [0.4, 0.5) is 5.82 Å². The van der Waals surface area contributed by atoms with Crippen molar-refractivity contribution in [2.75, 3.05) is 25.5 Å². The zero-order valence-electron chi connectivity index (χ0n) is 10.7. The number of carbonyl (C=O) groups is 1. The summed E-state index contributed by atoms with van der Waals surface area (Å²) in [6.45, 7) is 2.27. The minimum Gasteiger partial charge on any atom is -0.310 e. The van der Waals surface area contributed by atoms with E-state index in [4.69, 9.17) is 0 Å². The molecule has 1 N–H and O–H groups in total. The summed E-state index contributed by atoms with van der Waals surface area (Å²) < 4.78 is 0. The summed E-state index contributed by atoms with van der Waals surface area (Å²) >= 11 is 0. The van der Waals surface area contributed by atoms with Gasteiger partial charge in [0.1, 0.15) is 5.82 Å². The first kappa shape index (κ1) is 11.7. The molecule has 1 unspecified atom stereocenters. The molecule has 2 aliphatic heterocycles. The zero-order chi connectivity index (χ0) is 12.5. The number of carbonyl (C=O) groups excluding carboxylic acids is 1. The molecule has 0 radical (unpaired) electrons. The first-order valence-electron chi connectivity index (χ1n) is 6.67. The highest BCUT2D eigenvalue weighted by Gasteiger charge is 2.33. The summed E-state index contributed by atoms with van der Waals surface area (Å²) in [5.41, 5.74) is 1.23. The van der Waals surface area contributed by atoms with E-state index in [9.17, 15) is 4.79 Å². The van der Waals surface area contributed by atoms with E-state index >= 15 is 0 Å². The zero-order valence-corrected chi connectivity index (χ0v) is 10.7. The molecule has 0 saturated carbocycles. The number of rotatable bonds is 1. The van der Waals surface area contributed by atoms with Crippen LogP contribution in [-0.2, 0) is 4.79 Å². The van der Waals surface area contributed by atoms with Crippen LogP contribution in [-0.4, -0.2) is 35.9 Å². The number of nitrogens with zero attached hydrogens (tertiary/aromatic N) is 2. The van der Waals surface area contributed by atoms with Crippen LogP contribution in [0.25, 0.3) is 0 Å². The van der Waals surface area contributed by atoms with Gasteiger partial charge in [-0.25, -0.2) is 4.98 Å². The van der Waals surface area contributed by atoms with Crippen LogP contribution in [0.5, 0.6) is 0 Å². The third kappa shape index (κ3) is 2.12. The molecule has 0 aliphatic carbocycles. The molecule has 18 heavy (non-hydrogen) atoms. The number of hydrogen-bond donors (Lipinski definition) is 1. The van der Waals surface area contributed by atoms with Gasteiger partial charge in [-0.3, -0.25) is 4.79 Å². The van der Waals surface area contributed by atoms with Crippen LogP contribution in [0, 0.1) is 5.92 Å². The highest BCUT2D eigenvalue weighted by molar-refractivity contribution is 5.93. The Bertz CT molecular complexity index is 452. The fourth-order valence-corrected chi connectivity index (χ4v) is 3.17. The molecule has 1 fully saturated rings. The standard InChI is InChI=1S/C14H19N3O/c1-17-7-4-10(5-8-17)12-9-13(18)16-14-11(12)3-2-6-15-14/h2-3,6,10,12H,4-5,7-9H2,1H3,(H,15,16,18). The Morgan fingerprint density at radius 3 is 2.94 bits per heavy atom. The Hall–Kier alpha value is -1.42. The van der Waals surface area contributed by atoms with Crippen molar-refractivity contribution in [3.8, 4) is 0 Å². The van der Waals surface area contributed by atoms with Crippen LogP contribution in [0.15, 0.2) is 18.3 Å². The van der Waals surface area contributed by atoms with Gasteiger partial charge in [-0.15, -0.1) is 0 Å². The van der Waals surface area contributed by atoms with E-state index in [0.717, 1.165) is 18.9 Å². The Morgan fingerprint density at radius 2 is 2.17 bits per heavy atom. The summed E-state index contributed by atoms with van der Waals surface area (Å²) in [7, 11) is 2.17. The molecule has 1 aromatic heterocycles. The molecule has 0 spiro atoms. The number of anilines is 1. The van der Waals surface area contributed by atoms with Crippen LogP contribution >= 0.6 is 0 Å². The molecular formula is C14H19N3O. The van der Waals surface area contributed by atoms with Gasteiger partial charge in [0.05, 0.1) is 0 Å². The van der Waals surface area contributed by atoms with Gasteiger partial charge < -0.3 is 10.2 Å². The highest BCUT2D eigenvalue weighted by Crippen LogP contribution is 2.40. The van der Waals surface area contributed by atoms with Crippen molar-refractivity contribution in [3.63, 3.8) is 0 Å². The van der Waals surface area contributed by atoms with E-state index in [1.54, 1.807) is 6.20 Å². The highest BCUT2D eigenvalue weighted by atomic mass is 16.1. The second-order valence-electron chi connectivity index (χ2n) is 5.44. The number of hydrogen-bond acceptors (Lipinski definition) is 3. The van der Waals surface area contributed by atoms with Crippen molar-refractivity contribution in [2.24, 2.45) is 5.92 Å². The lowest BCUT2D eigenvalue weighted by Crippen LogP contribution is -2.35. The monoisotopic (exact) mass is 245 g/mol. The van der Waals surface area contributed by atoms with Gasteiger partial charge in [0.2, 0.25) is 5.91 Å². The summed E-state index contributed by atoms with van der Waals surface area (Å²) in [6.07, 6.45) is 4.73.